The fraction of sp³-hybridized carbons (Fsp3) is 0.333. The lowest BCUT2D eigenvalue weighted by Crippen LogP contribution is -2.37. The lowest BCUT2D eigenvalue weighted by Gasteiger charge is -2.21. The van der Waals surface area contributed by atoms with Gasteiger partial charge >= 0.3 is 5.97 Å². The van der Waals surface area contributed by atoms with E-state index in [1.165, 1.54) is 56.3 Å². The molecule has 0 radical (unpaired) electrons. The van der Waals surface area contributed by atoms with Crippen LogP contribution in [0.5, 0.6) is 0 Å². The van der Waals surface area contributed by atoms with Gasteiger partial charge < -0.3 is 14.4 Å². The van der Waals surface area contributed by atoms with Crippen molar-refractivity contribution in [2.75, 3.05) is 27.3 Å². The first-order valence-electron chi connectivity index (χ1n) is 10.4. The monoisotopic (exact) mass is 456 g/mol. The predicted molar refractivity (Wildman–Crippen MR) is 116 cm³/mol. The van der Waals surface area contributed by atoms with Gasteiger partial charge in [0.2, 0.25) is 0 Å². The minimum atomic E-state index is -1.10. The number of methoxy groups -OCH3 is 1. The van der Waals surface area contributed by atoms with E-state index in [4.69, 9.17) is 9.47 Å². The maximum Gasteiger partial charge on any atom is 0.338 e. The minimum absolute atomic E-state index is 0.0566. The van der Waals surface area contributed by atoms with E-state index in [-0.39, 0.29) is 29.8 Å². The number of amides is 3. The van der Waals surface area contributed by atoms with Crippen molar-refractivity contribution >= 4 is 23.7 Å². The third-order valence-electron chi connectivity index (χ3n) is 5.25. The molecule has 33 heavy (non-hydrogen) atoms. The molecule has 1 heterocycles. The standard InChI is InChI=1S/C24H25FN2O6/c1-15(21(28)26(2)14-16-6-4-7-18(25)12-16)33-24(31)17-8-9-19-20(13-17)23(30)27(22(19)29)10-5-11-32-3/h4,6-9,12-13,15H,5,10-11,14H2,1-3H3. The van der Waals surface area contributed by atoms with Crippen LogP contribution in [-0.2, 0) is 20.8 Å². The number of imide groups is 1. The zero-order chi connectivity index (χ0) is 24.1. The van der Waals surface area contributed by atoms with Gasteiger partial charge in [0, 0.05) is 33.9 Å². The fourth-order valence-electron chi connectivity index (χ4n) is 3.56. The molecule has 0 N–H and O–H groups in total. The summed E-state index contributed by atoms with van der Waals surface area (Å²) in [5.74, 6) is -2.58. The summed E-state index contributed by atoms with van der Waals surface area (Å²) in [6, 6.07) is 9.97. The maximum absolute atomic E-state index is 13.4. The Hall–Kier alpha value is -3.59. The second-order valence-corrected chi connectivity index (χ2v) is 7.74. The number of hydrogen-bond donors (Lipinski definition) is 0. The van der Waals surface area contributed by atoms with Gasteiger partial charge in [0.25, 0.3) is 17.7 Å². The average molecular weight is 456 g/mol. The molecular formula is C24H25FN2O6. The van der Waals surface area contributed by atoms with Crippen LogP contribution in [0, 0.1) is 5.82 Å². The van der Waals surface area contributed by atoms with Crippen molar-refractivity contribution in [2.24, 2.45) is 0 Å². The molecule has 3 rings (SSSR count). The van der Waals surface area contributed by atoms with Gasteiger partial charge in [-0.3, -0.25) is 19.3 Å². The van der Waals surface area contributed by atoms with Gasteiger partial charge in [0.15, 0.2) is 6.10 Å². The first-order valence-corrected chi connectivity index (χ1v) is 10.4. The van der Waals surface area contributed by atoms with Gasteiger partial charge in [-0.15, -0.1) is 0 Å². The SMILES string of the molecule is COCCCN1C(=O)c2ccc(C(=O)OC(C)C(=O)N(C)Cc3cccc(F)c3)cc2C1=O. The van der Waals surface area contributed by atoms with E-state index >= 15 is 0 Å². The minimum Gasteiger partial charge on any atom is -0.449 e. The summed E-state index contributed by atoms with van der Waals surface area (Å²) in [4.78, 5) is 52.7. The summed E-state index contributed by atoms with van der Waals surface area (Å²) >= 11 is 0. The highest BCUT2D eigenvalue weighted by atomic mass is 19.1. The van der Waals surface area contributed by atoms with E-state index in [2.05, 4.69) is 0 Å². The highest BCUT2D eigenvalue weighted by Crippen LogP contribution is 2.25. The van der Waals surface area contributed by atoms with Gasteiger partial charge in [0.1, 0.15) is 5.82 Å². The number of esters is 1. The van der Waals surface area contributed by atoms with E-state index < -0.39 is 35.6 Å². The lowest BCUT2D eigenvalue weighted by molar-refractivity contribution is -0.139. The number of ether oxygens (including phenoxy) is 2. The van der Waals surface area contributed by atoms with E-state index in [1.807, 2.05) is 0 Å². The number of fused-ring (bicyclic) bond motifs is 1. The van der Waals surface area contributed by atoms with E-state index in [9.17, 15) is 23.6 Å². The Bertz CT molecular complexity index is 1090. The molecule has 0 aromatic heterocycles. The third kappa shape index (κ3) is 5.43. The third-order valence-corrected chi connectivity index (χ3v) is 5.25. The average Bonchev–Trinajstić information content (AvgIpc) is 3.02. The molecule has 0 saturated heterocycles. The van der Waals surface area contributed by atoms with Crippen LogP contribution in [0.25, 0.3) is 0 Å². The highest BCUT2D eigenvalue weighted by molar-refractivity contribution is 6.22. The van der Waals surface area contributed by atoms with Crippen molar-refractivity contribution in [3.05, 3.63) is 70.5 Å². The summed E-state index contributed by atoms with van der Waals surface area (Å²) in [6.07, 6.45) is -0.605. The number of likely N-dealkylation sites (N-methyl/N-ethyl adjacent to an activating group) is 1. The number of carbonyl (C=O) groups excluding carboxylic acids is 4. The van der Waals surface area contributed by atoms with Crippen LogP contribution in [0.3, 0.4) is 0 Å². The second-order valence-electron chi connectivity index (χ2n) is 7.74. The molecule has 8 nitrogen and oxygen atoms in total. The Morgan fingerprint density at radius 1 is 1.09 bits per heavy atom. The fourth-order valence-corrected chi connectivity index (χ4v) is 3.56. The van der Waals surface area contributed by atoms with Gasteiger partial charge in [-0.05, 0) is 49.2 Å². The van der Waals surface area contributed by atoms with Gasteiger partial charge in [0.05, 0.1) is 16.7 Å². The van der Waals surface area contributed by atoms with Crippen LogP contribution < -0.4 is 0 Å². The molecule has 0 fully saturated rings. The number of nitrogens with zero attached hydrogens (tertiary/aromatic N) is 2. The zero-order valence-electron chi connectivity index (χ0n) is 18.7. The topological polar surface area (TPSA) is 93.2 Å². The normalized spacial score (nSPS) is 13.6. The molecule has 1 aliphatic heterocycles. The number of hydrogen-bond acceptors (Lipinski definition) is 6. The van der Waals surface area contributed by atoms with Crippen molar-refractivity contribution < 1.29 is 33.0 Å². The highest BCUT2D eigenvalue weighted by Gasteiger charge is 2.36. The summed E-state index contributed by atoms with van der Waals surface area (Å²) in [7, 11) is 3.06. The van der Waals surface area contributed by atoms with Crippen molar-refractivity contribution in [2.45, 2.75) is 26.0 Å². The number of benzene rings is 2. The van der Waals surface area contributed by atoms with Crippen molar-refractivity contribution in [1.29, 1.82) is 0 Å². The first kappa shape index (κ1) is 24.1. The molecule has 1 aliphatic rings. The van der Waals surface area contributed by atoms with E-state index in [1.54, 1.807) is 12.1 Å². The van der Waals surface area contributed by atoms with Gasteiger partial charge in [-0.1, -0.05) is 12.1 Å². The van der Waals surface area contributed by atoms with Gasteiger partial charge in [-0.25, -0.2) is 9.18 Å². The molecule has 3 amide bonds. The zero-order valence-corrected chi connectivity index (χ0v) is 18.7. The summed E-state index contributed by atoms with van der Waals surface area (Å²) in [5, 5.41) is 0. The molecule has 9 heteroatoms. The van der Waals surface area contributed by atoms with Crippen LogP contribution >= 0.6 is 0 Å². The molecule has 174 valence electrons. The molecule has 0 saturated carbocycles. The van der Waals surface area contributed by atoms with Crippen molar-refractivity contribution in [3.8, 4) is 0 Å². The molecule has 0 spiro atoms. The molecular weight excluding hydrogens is 431 g/mol. The smallest absolute Gasteiger partial charge is 0.338 e. The van der Waals surface area contributed by atoms with Crippen LogP contribution in [0.4, 0.5) is 4.39 Å². The van der Waals surface area contributed by atoms with E-state index in [0.29, 0.717) is 18.6 Å². The molecule has 2 aromatic carbocycles. The maximum atomic E-state index is 13.4. The Balaban J connectivity index is 1.64. The van der Waals surface area contributed by atoms with Crippen LogP contribution in [0.1, 0.15) is 50.0 Å². The summed E-state index contributed by atoms with van der Waals surface area (Å²) in [5.41, 5.74) is 0.990. The molecule has 1 unspecified atom stereocenters. The Labute approximate surface area is 190 Å². The van der Waals surface area contributed by atoms with Crippen LogP contribution in [0.15, 0.2) is 42.5 Å². The molecule has 0 aliphatic carbocycles. The largest absolute Gasteiger partial charge is 0.449 e. The van der Waals surface area contributed by atoms with Gasteiger partial charge in [-0.2, -0.15) is 0 Å². The number of carbonyl (C=O) groups is 4. The Morgan fingerprint density at radius 2 is 1.82 bits per heavy atom. The summed E-state index contributed by atoms with van der Waals surface area (Å²) < 4.78 is 23.6. The first-order chi connectivity index (χ1) is 15.7. The Morgan fingerprint density at radius 3 is 2.52 bits per heavy atom. The predicted octanol–water partition coefficient (Wildman–Crippen LogP) is 2.66. The number of halogens is 1. The lowest BCUT2D eigenvalue weighted by atomic mass is 10.1. The van der Waals surface area contributed by atoms with E-state index in [0.717, 1.165) is 4.90 Å². The number of rotatable bonds is 9. The van der Waals surface area contributed by atoms with Crippen molar-refractivity contribution in [1.82, 2.24) is 9.80 Å². The summed E-state index contributed by atoms with van der Waals surface area (Å²) in [6.45, 7) is 2.20. The second kappa shape index (κ2) is 10.4. The van der Waals surface area contributed by atoms with Crippen molar-refractivity contribution in [3.63, 3.8) is 0 Å². The van der Waals surface area contributed by atoms with Crippen LogP contribution in [-0.4, -0.2) is 66.9 Å². The van der Waals surface area contributed by atoms with Crippen LogP contribution in [0.2, 0.25) is 0 Å². The molecule has 0 bridgehead atoms. The molecule has 1 atom stereocenters. The Kier molecular flexibility index (Phi) is 7.55. The quantitative estimate of drug-likeness (QED) is 0.327. The molecule has 2 aromatic rings.